The maximum absolute atomic E-state index is 12.0. The summed E-state index contributed by atoms with van der Waals surface area (Å²) >= 11 is 0. The van der Waals surface area contributed by atoms with Gasteiger partial charge in [0.25, 0.3) is 0 Å². The van der Waals surface area contributed by atoms with Crippen LogP contribution in [0.4, 0.5) is 5.69 Å². The average Bonchev–Trinajstić information content (AvgIpc) is 2.59. The Morgan fingerprint density at radius 2 is 1.71 bits per heavy atom. The molecule has 2 aromatic carbocycles. The molecule has 0 spiro atoms. The zero-order chi connectivity index (χ0) is 17.5. The number of carbonyl (C=O) groups is 3. The quantitative estimate of drug-likeness (QED) is 0.798. The molecule has 24 heavy (non-hydrogen) atoms. The number of benzene rings is 2. The zero-order valence-corrected chi connectivity index (χ0v) is 13.7. The second-order valence-corrected chi connectivity index (χ2v) is 5.31. The molecule has 0 aromatic heterocycles. The van der Waals surface area contributed by atoms with Crippen molar-refractivity contribution in [2.45, 2.75) is 19.8 Å². The van der Waals surface area contributed by atoms with Gasteiger partial charge in [-0.2, -0.15) is 0 Å². The van der Waals surface area contributed by atoms with E-state index in [1.165, 1.54) is 7.11 Å². The standard InChI is InChI=1S/C18H20N2O4/c1-3-6-16(21)19-11-17(22)20-15-10-13-8-5-4-7-12(13)9-14(15)18(23)24-2/h4-5,7-10H,3,6,11H2,1-2H3,(H,19,21)(H,20,22). The van der Waals surface area contributed by atoms with Gasteiger partial charge < -0.3 is 15.4 Å². The van der Waals surface area contributed by atoms with Crippen LogP contribution in [0.5, 0.6) is 0 Å². The molecule has 0 heterocycles. The maximum atomic E-state index is 12.0. The molecule has 0 saturated heterocycles. The SMILES string of the molecule is CCCC(=O)NCC(=O)Nc1cc2ccccc2cc1C(=O)OC. The van der Waals surface area contributed by atoms with Crippen LogP contribution in [0.2, 0.25) is 0 Å². The fourth-order valence-electron chi connectivity index (χ4n) is 2.31. The lowest BCUT2D eigenvalue weighted by molar-refractivity contribution is -0.124. The lowest BCUT2D eigenvalue weighted by Crippen LogP contribution is -2.33. The fourth-order valence-corrected chi connectivity index (χ4v) is 2.31. The van der Waals surface area contributed by atoms with E-state index < -0.39 is 11.9 Å². The van der Waals surface area contributed by atoms with Crippen molar-refractivity contribution in [2.75, 3.05) is 19.0 Å². The smallest absolute Gasteiger partial charge is 0.339 e. The molecule has 0 bridgehead atoms. The first-order valence-electron chi connectivity index (χ1n) is 7.72. The van der Waals surface area contributed by atoms with E-state index in [-0.39, 0.29) is 18.0 Å². The molecule has 126 valence electrons. The predicted octanol–water partition coefficient (Wildman–Crippen LogP) is 2.48. The molecule has 2 rings (SSSR count). The summed E-state index contributed by atoms with van der Waals surface area (Å²) in [6, 6.07) is 10.9. The largest absolute Gasteiger partial charge is 0.465 e. The number of esters is 1. The predicted molar refractivity (Wildman–Crippen MR) is 91.8 cm³/mol. The van der Waals surface area contributed by atoms with Gasteiger partial charge >= 0.3 is 5.97 Å². The number of fused-ring (bicyclic) bond motifs is 1. The molecule has 0 aliphatic heterocycles. The summed E-state index contributed by atoms with van der Waals surface area (Å²) in [5.74, 6) is -1.12. The summed E-state index contributed by atoms with van der Waals surface area (Å²) in [7, 11) is 1.29. The Morgan fingerprint density at radius 3 is 2.33 bits per heavy atom. The summed E-state index contributed by atoms with van der Waals surface area (Å²) < 4.78 is 4.78. The van der Waals surface area contributed by atoms with Crippen LogP contribution >= 0.6 is 0 Å². The molecule has 0 aliphatic rings. The van der Waals surface area contributed by atoms with Gasteiger partial charge in [-0.05, 0) is 29.3 Å². The molecule has 6 heteroatoms. The number of hydrogen-bond donors (Lipinski definition) is 2. The Hall–Kier alpha value is -2.89. The summed E-state index contributed by atoms with van der Waals surface area (Å²) in [4.78, 5) is 35.4. The van der Waals surface area contributed by atoms with E-state index in [2.05, 4.69) is 10.6 Å². The van der Waals surface area contributed by atoms with Crippen LogP contribution in [0.15, 0.2) is 36.4 Å². The fraction of sp³-hybridized carbons (Fsp3) is 0.278. The molecule has 0 radical (unpaired) electrons. The number of nitrogens with one attached hydrogen (secondary N) is 2. The summed E-state index contributed by atoms with van der Waals surface area (Å²) in [6.45, 7) is 1.74. The highest BCUT2D eigenvalue weighted by Gasteiger charge is 2.15. The van der Waals surface area contributed by atoms with Crippen molar-refractivity contribution in [2.24, 2.45) is 0 Å². The highest BCUT2D eigenvalue weighted by molar-refractivity contribution is 6.06. The lowest BCUT2D eigenvalue weighted by atomic mass is 10.0. The molecule has 0 unspecified atom stereocenters. The van der Waals surface area contributed by atoms with E-state index in [1.807, 2.05) is 31.2 Å². The number of rotatable bonds is 6. The Bertz CT molecular complexity index is 771. The van der Waals surface area contributed by atoms with Crippen LogP contribution in [-0.4, -0.2) is 31.4 Å². The van der Waals surface area contributed by atoms with Crippen molar-refractivity contribution in [1.82, 2.24) is 5.32 Å². The highest BCUT2D eigenvalue weighted by Crippen LogP contribution is 2.24. The summed E-state index contributed by atoms with van der Waals surface area (Å²) in [6.07, 6.45) is 1.08. The molecule has 0 saturated carbocycles. The Kier molecular flexibility index (Phi) is 5.89. The van der Waals surface area contributed by atoms with E-state index in [9.17, 15) is 14.4 Å². The van der Waals surface area contributed by atoms with Crippen LogP contribution in [-0.2, 0) is 14.3 Å². The van der Waals surface area contributed by atoms with Gasteiger partial charge in [-0.25, -0.2) is 4.79 Å². The molecule has 0 fully saturated rings. The van der Waals surface area contributed by atoms with E-state index in [0.717, 1.165) is 10.8 Å². The number of amides is 2. The summed E-state index contributed by atoms with van der Waals surface area (Å²) in [5, 5.41) is 6.95. The highest BCUT2D eigenvalue weighted by atomic mass is 16.5. The molecule has 2 aromatic rings. The van der Waals surface area contributed by atoms with E-state index in [0.29, 0.717) is 18.5 Å². The minimum atomic E-state index is -0.536. The second kappa shape index (κ2) is 8.10. The van der Waals surface area contributed by atoms with Gasteiger partial charge in [0.2, 0.25) is 11.8 Å². The van der Waals surface area contributed by atoms with Crippen LogP contribution in [0.25, 0.3) is 10.8 Å². The third-order valence-electron chi connectivity index (χ3n) is 3.49. The first kappa shape index (κ1) is 17.5. The molecule has 2 amide bonds. The van der Waals surface area contributed by atoms with Crippen LogP contribution < -0.4 is 10.6 Å². The number of ether oxygens (including phenoxy) is 1. The molecule has 0 atom stereocenters. The van der Waals surface area contributed by atoms with Gasteiger partial charge in [0.15, 0.2) is 0 Å². The molecular weight excluding hydrogens is 308 g/mol. The minimum Gasteiger partial charge on any atom is -0.465 e. The zero-order valence-electron chi connectivity index (χ0n) is 13.7. The first-order valence-corrected chi connectivity index (χ1v) is 7.72. The van der Waals surface area contributed by atoms with Gasteiger partial charge in [-0.15, -0.1) is 0 Å². The number of hydrogen-bond acceptors (Lipinski definition) is 4. The number of carbonyl (C=O) groups excluding carboxylic acids is 3. The third-order valence-corrected chi connectivity index (χ3v) is 3.49. The molecular formula is C18H20N2O4. The van der Waals surface area contributed by atoms with Gasteiger partial charge in [0.05, 0.1) is 24.9 Å². The Balaban J connectivity index is 2.21. The minimum absolute atomic E-state index is 0.147. The molecule has 0 aliphatic carbocycles. The van der Waals surface area contributed by atoms with Crippen molar-refractivity contribution >= 4 is 34.2 Å². The second-order valence-electron chi connectivity index (χ2n) is 5.31. The molecule has 6 nitrogen and oxygen atoms in total. The number of methoxy groups -OCH3 is 1. The maximum Gasteiger partial charge on any atom is 0.339 e. The lowest BCUT2D eigenvalue weighted by Gasteiger charge is -2.12. The van der Waals surface area contributed by atoms with Gasteiger partial charge in [-0.1, -0.05) is 31.2 Å². The van der Waals surface area contributed by atoms with Crippen molar-refractivity contribution in [3.63, 3.8) is 0 Å². The van der Waals surface area contributed by atoms with Gasteiger partial charge in [0, 0.05) is 6.42 Å². The normalized spacial score (nSPS) is 10.2. The van der Waals surface area contributed by atoms with Crippen molar-refractivity contribution in [3.8, 4) is 0 Å². The average molecular weight is 328 g/mol. The van der Waals surface area contributed by atoms with Crippen molar-refractivity contribution in [1.29, 1.82) is 0 Å². The van der Waals surface area contributed by atoms with Crippen molar-refractivity contribution < 1.29 is 19.1 Å². The van der Waals surface area contributed by atoms with Gasteiger partial charge in [-0.3, -0.25) is 9.59 Å². The number of anilines is 1. The van der Waals surface area contributed by atoms with Crippen LogP contribution in [0, 0.1) is 0 Å². The topological polar surface area (TPSA) is 84.5 Å². The summed E-state index contributed by atoms with van der Waals surface area (Å²) in [5.41, 5.74) is 0.625. The monoisotopic (exact) mass is 328 g/mol. The third kappa shape index (κ3) is 4.32. The van der Waals surface area contributed by atoms with Gasteiger partial charge in [0.1, 0.15) is 0 Å². The van der Waals surface area contributed by atoms with E-state index in [1.54, 1.807) is 12.1 Å². The van der Waals surface area contributed by atoms with Crippen molar-refractivity contribution in [3.05, 3.63) is 42.0 Å². The van der Waals surface area contributed by atoms with Crippen LogP contribution in [0.3, 0.4) is 0 Å². The molecule has 2 N–H and O–H groups in total. The Morgan fingerprint density at radius 1 is 1.04 bits per heavy atom. The Labute approximate surface area is 140 Å². The van der Waals surface area contributed by atoms with E-state index >= 15 is 0 Å². The van der Waals surface area contributed by atoms with Crippen LogP contribution in [0.1, 0.15) is 30.1 Å². The van der Waals surface area contributed by atoms with E-state index in [4.69, 9.17) is 4.74 Å². The first-order chi connectivity index (χ1) is 11.5.